The van der Waals surface area contributed by atoms with Crippen LogP contribution in [0.25, 0.3) is 6.08 Å². The van der Waals surface area contributed by atoms with E-state index in [0.29, 0.717) is 35.1 Å². The largest absolute Gasteiger partial charge is 0.497 e. The minimum Gasteiger partial charge on any atom is -0.497 e. The average Bonchev–Trinajstić information content (AvgIpc) is 2.86. The lowest BCUT2D eigenvalue weighted by atomic mass is 10.1. The molecule has 0 aliphatic heterocycles. The van der Waals surface area contributed by atoms with Gasteiger partial charge in [-0.3, -0.25) is 4.79 Å². The van der Waals surface area contributed by atoms with E-state index in [2.05, 4.69) is 11.9 Å². The zero-order chi connectivity index (χ0) is 23.5. The first-order valence-electron chi connectivity index (χ1n) is 10.2. The van der Waals surface area contributed by atoms with E-state index in [9.17, 15) is 10.1 Å². The fraction of sp³-hybridized carbons (Fsp3) is 0.111. The molecule has 6 nitrogen and oxygen atoms in total. The molecule has 6 heteroatoms. The standard InChI is InChI=1S/C27H24N2O4/c1-3-15-32-26-17-25(31-2)12-9-21(26)16-22(18-28)27(30)29-23-10-13-24(14-11-23)33-19-20-7-5-4-6-8-20/h3-14,16-17H,1,15,19H2,2H3,(H,29,30)/b22-16+. The molecule has 0 atom stereocenters. The van der Waals surface area contributed by atoms with Crippen molar-refractivity contribution < 1.29 is 19.0 Å². The van der Waals surface area contributed by atoms with Crippen molar-refractivity contribution >= 4 is 17.7 Å². The molecule has 166 valence electrons. The van der Waals surface area contributed by atoms with Crippen LogP contribution in [0, 0.1) is 11.3 Å². The highest BCUT2D eigenvalue weighted by molar-refractivity contribution is 6.09. The Morgan fingerprint density at radius 2 is 1.76 bits per heavy atom. The van der Waals surface area contributed by atoms with E-state index >= 15 is 0 Å². The van der Waals surface area contributed by atoms with Crippen LogP contribution in [0.1, 0.15) is 11.1 Å². The highest BCUT2D eigenvalue weighted by Crippen LogP contribution is 2.27. The van der Waals surface area contributed by atoms with Gasteiger partial charge in [-0.05, 0) is 48.0 Å². The first-order chi connectivity index (χ1) is 16.1. The number of nitrogens with zero attached hydrogens (tertiary/aromatic N) is 1. The van der Waals surface area contributed by atoms with Gasteiger partial charge in [-0.15, -0.1) is 0 Å². The molecule has 0 fully saturated rings. The first kappa shape index (κ1) is 23.2. The fourth-order valence-corrected chi connectivity index (χ4v) is 2.91. The summed E-state index contributed by atoms with van der Waals surface area (Å²) in [4.78, 5) is 12.7. The number of ether oxygens (including phenoxy) is 3. The van der Waals surface area contributed by atoms with Gasteiger partial charge in [-0.25, -0.2) is 0 Å². The molecule has 1 N–H and O–H groups in total. The molecule has 0 saturated carbocycles. The van der Waals surface area contributed by atoms with Gasteiger partial charge in [0, 0.05) is 17.3 Å². The van der Waals surface area contributed by atoms with Gasteiger partial charge in [0.25, 0.3) is 5.91 Å². The summed E-state index contributed by atoms with van der Waals surface area (Å²) in [5.41, 5.74) is 2.13. The SMILES string of the molecule is C=CCOc1cc(OC)ccc1/C=C(\C#N)C(=O)Nc1ccc(OCc2ccccc2)cc1. The second kappa shape index (κ2) is 11.8. The minimum absolute atomic E-state index is 0.0620. The van der Waals surface area contributed by atoms with Crippen LogP contribution >= 0.6 is 0 Å². The smallest absolute Gasteiger partial charge is 0.266 e. The quantitative estimate of drug-likeness (QED) is 0.260. The van der Waals surface area contributed by atoms with Crippen LogP contribution in [0.2, 0.25) is 0 Å². The molecular weight excluding hydrogens is 416 g/mol. The van der Waals surface area contributed by atoms with Crippen molar-refractivity contribution in [3.05, 3.63) is 102 Å². The Labute approximate surface area is 193 Å². The third-order valence-corrected chi connectivity index (χ3v) is 4.60. The summed E-state index contributed by atoms with van der Waals surface area (Å²) in [7, 11) is 1.55. The van der Waals surface area contributed by atoms with Crippen LogP contribution in [0.15, 0.2) is 91.0 Å². The maximum absolute atomic E-state index is 12.7. The number of nitriles is 1. The van der Waals surface area contributed by atoms with E-state index < -0.39 is 5.91 Å². The zero-order valence-electron chi connectivity index (χ0n) is 18.3. The number of amides is 1. The third kappa shape index (κ3) is 6.74. The lowest BCUT2D eigenvalue weighted by Gasteiger charge is -2.10. The Morgan fingerprint density at radius 1 is 1.03 bits per heavy atom. The monoisotopic (exact) mass is 440 g/mol. The Morgan fingerprint density at radius 3 is 2.42 bits per heavy atom. The predicted octanol–water partition coefficient (Wildman–Crippen LogP) is 5.38. The van der Waals surface area contributed by atoms with Gasteiger partial charge < -0.3 is 19.5 Å². The van der Waals surface area contributed by atoms with Crippen LogP contribution in [-0.2, 0) is 11.4 Å². The summed E-state index contributed by atoms with van der Waals surface area (Å²) in [6, 6.07) is 23.9. The minimum atomic E-state index is -0.527. The average molecular weight is 440 g/mol. The zero-order valence-corrected chi connectivity index (χ0v) is 18.3. The lowest BCUT2D eigenvalue weighted by Crippen LogP contribution is -2.13. The number of carbonyl (C=O) groups is 1. The Balaban J connectivity index is 1.69. The first-order valence-corrected chi connectivity index (χ1v) is 10.2. The van der Waals surface area contributed by atoms with E-state index in [1.165, 1.54) is 6.08 Å². The second-order valence-electron chi connectivity index (χ2n) is 6.93. The number of anilines is 1. The molecule has 3 rings (SSSR count). The Kier molecular flexibility index (Phi) is 8.27. The van der Waals surface area contributed by atoms with E-state index in [4.69, 9.17) is 14.2 Å². The molecule has 0 saturated heterocycles. The highest BCUT2D eigenvalue weighted by Gasteiger charge is 2.12. The van der Waals surface area contributed by atoms with Crippen LogP contribution < -0.4 is 19.5 Å². The van der Waals surface area contributed by atoms with Crippen LogP contribution in [0.4, 0.5) is 5.69 Å². The maximum atomic E-state index is 12.7. The molecule has 0 aliphatic carbocycles. The molecule has 0 aliphatic rings. The molecule has 0 heterocycles. The Bertz CT molecular complexity index is 1160. The number of benzene rings is 3. The van der Waals surface area contributed by atoms with Crippen molar-refractivity contribution in [2.24, 2.45) is 0 Å². The maximum Gasteiger partial charge on any atom is 0.266 e. The van der Waals surface area contributed by atoms with Gasteiger partial charge in [-0.1, -0.05) is 43.0 Å². The summed E-state index contributed by atoms with van der Waals surface area (Å²) >= 11 is 0. The van der Waals surface area contributed by atoms with E-state index in [0.717, 1.165) is 5.56 Å². The number of methoxy groups -OCH3 is 1. The number of hydrogen-bond donors (Lipinski definition) is 1. The predicted molar refractivity (Wildman–Crippen MR) is 128 cm³/mol. The van der Waals surface area contributed by atoms with E-state index in [-0.39, 0.29) is 12.2 Å². The van der Waals surface area contributed by atoms with Crippen molar-refractivity contribution in [1.82, 2.24) is 0 Å². The molecule has 3 aromatic carbocycles. The van der Waals surface area contributed by atoms with Crippen molar-refractivity contribution in [3.8, 4) is 23.3 Å². The van der Waals surface area contributed by atoms with Crippen molar-refractivity contribution in [2.75, 3.05) is 19.0 Å². The van der Waals surface area contributed by atoms with Gasteiger partial charge in [0.1, 0.15) is 42.1 Å². The van der Waals surface area contributed by atoms with Crippen molar-refractivity contribution in [3.63, 3.8) is 0 Å². The van der Waals surface area contributed by atoms with Crippen LogP contribution in [0.5, 0.6) is 17.2 Å². The Hall–Kier alpha value is -4.50. The van der Waals surface area contributed by atoms with Crippen molar-refractivity contribution in [1.29, 1.82) is 5.26 Å². The fourth-order valence-electron chi connectivity index (χ4n) is 2.91. The molecule has 0 spiro atoms. The highest BCUT2D eigenvalue weighted by atomic mass is 16.5. The third-order valence-electron chi connectivity index (χ3n) is 4.60. The van der Waals surface area contributed by atoms with Gasteiger partial charge in [0.2, 0.25) is 0 Å². The van der Waals surface area contributed by atoms with Gasteiger partial charge in [-0.2, -0.15) is 5.26 Å². The molecule has 33 heavy (non-hydrogen) atoms. The molecule has 0 unspecified atom stereocenters. The molecule has 0 radical (unpaired) electrons. The number of nitrogens with one attached hydrogen (secondary N) is 1. The van der Waals surface area contributed by atoms with E-state index in [1.807, 2.05) is 36.4 Å². The van der Waals surface area contributed by atoms with Gasteiger partial charge in [0.15, 0.2) is 0 Å². The van der Waals surface area contributed by atoms with Crippen LogP contribution in [-0.4, -0.2) is 19.6 Å². The molecular formula is C27H24N2O4. The summed E-state index contributed by atoms with van der Waals surface area (Å²) < 4.78 is 16.6. The van der Waals surface area contributed by atoms with Crippen molar-refractivity contribution in [2.45, 2.75) is 6.61 Å². The molecule has 0 aromatic heterocycles. The molecule has 1 amide bonds. The van der Waals surface area contributed by atoms with E-state index in [1.54, 1.807) is 55.7 Å². The van der Waals surface area contributed by atoms with Gasteiger partial charge >= 0.3 is 0 Å². The lowest BCUT2D eigenvalue weighted by molar-refractivity contribution is -0.112. The number of hydrogen-bond acceptors (Lipinski definition) is 5. The number of carbonyl (C=O) groups excluding carboxylic acids is 1. The topological polar surface area (TPSA) is 80.6 Å². The number of rotatable bonds is 10. The van der Waals surface area contributed by atoms with Gasteiger partial charge in [0.05, 0.1) is 7.11 Å². The normalized spacial score (nSPS) is 10.6. The van der Waals surface area contributed by atoms with Crippen LogP contribution in [0.3, 0.4) is 0 Å². The summed E-state index contributed by atoms with van der Waals surface area (Å²) in [5.74, 6) is 1.23. The second-order valence-corrected chi connectivity index (χ2v) is 6.93. The molecule has 0 bridgehead atoms. The molecule has 3 aromatic rings. The summed E-state index contributed by atoms with van der Waals surface area (Å²) in [6.07, 6.45) is 3.09. The summed E-state index contributed by atoms with van der Waals surface area (Å²) in [6.45, 7) is 4.37. The summed E-state index contributed by atoms with van der Waals surface area (Å²) in [5, 5.41) is 12.3.